The third kappa shape index (κ3) is 4.73. The van der Waals surface area contributed by atoms with Crippen molar-refractivity contribution in [1.82, 2.24) is 9.80 Å². The van der Waals surface area contributed by atoms with Crippen molar-refractivity contribution in [3.05, 3.63) is 29.3 Å². The molecule has 9 heteroatoms. The fraction of sp³-hybridized carbons (Fsp3) is 0.690. The molecule has 3 saturated heterocycles. The number of primary amides is 1. The highest BCUT2D eigenvalue weighted by Gasteiger charge is 2.54. The molecule has 0 radical (unpaired) electrons. The maximum atomic E-state index is 14.4. The molecule has 0 aromatic heterocycles. The van der Waals surface area contributed by atoms with E-state index in [0.29, 0.717) is 24.3 Å². The summed E-state index contributed by atoms with van der Waals surface area (Å²) in [5.74, 6) is -1.13. The number of fused-ring (bicyclic) bond motifs is 1. The molecule has 5 aliphatic rings. The number of Topliss-reactive ketones (excluding diaryl/α,β-unsaturated/α-hetero) is 1. The van der Waals surface area contributed by atoms with E-state index in [1.54, 1.807) is 11.0 Å². The molecular weight excluding hydrogens is 484 g/mol. The Kier molecular flexibility index (Phi) is 7.18. The van der Waals surface area contributed by atoms with Gasteiger partial charge < -0.3 is 25.0 Å². The first-order valence-corrected chi connectivity index (χ1v) is 14.5. The van der Waals surface area contributed by atoms with Crippen molar-refractivity contribution in [2.45, 2.75) is 75.7 Å². The Bertz CT molecular complexity index is 1080. The van der Waals surface area contributed by atoms with Crippen molar-refractivity contribution < 1.29 is 23.9 Å². The van der Waals surface area contributed by atoms with E-state index in [9.17, 15) is 14.4 Å². The van der Waals surface area contributed by atoms with Gasteiger partial charge in [-0.2, -0.15) is 0 Å². The number of ether oxygens (including phenoxy) is 2. The van der Waals surface area contributed by atoms with Crippen molar-refractivity contribution in [2.24, 2.45) is 11.7 Å². The number of nitrogens with zero attached hydrogens (tertiary/aromatic N) is 3. The first-order valence-electron chi connectivity index (χ1n) is 14.5. The zero-order chi connectivity index (χ0) is 26.4. The molecule has 3 aliphatic heterocycles. The highest BCUT2D eigenvalue weighted by Crippen LogP contribution is 2.43. The first kappa shape index (κ1) is 25.8. The Balaban J connectivity index is 1.33. The van der Waals surface area contributed by atoms with Crippen molar-refractivity contribution in [3.8, 4) is 0 Å². The number of carbonyl (C=O) groups is 3. The Morgan fingerprint density at radius 2 is 1.84 bits per heavy atom. The molecule has 0 unspecified atom stereocenters. The van der Waals surface area contributed by atoms with Crippen LogP contribution in [0.15, 0.2) is 18.2 Å². The molecule has 6 rings (SSSR count). The zero-order valence-electron chi connectivity index (χ0n) is 22.3. The van der Waals surface area contributed by atoms with Crippen LogP contribution >= 0.6 is 0 Å². The summed E-state index contributed by atoms with van der Waals surface area (Å²) in [5.41, 5.74) is 8.03. The van der Waals surface area contributed by atoms with E-state index in [1.807, 2.05) is 19.1 Å². The number of anilines is 1. The predicted molar refractivity (Wildman–Crippen MR) is 142 cm³/mol. The standard InChI is InChI=1S/C29H40N4O5/c1-2-37-24-16-33(26-23(34)17-38-27(24)26)29(36)25(18-5-3-4-6-18)22-15-20(9-10-21(22)28(30)35)32-13-11-31(12-14-32)19-7-8-19/h9-10,15,18-19,24-27H,2-8,11-14,16-17H2,1H3,(H2,30,35)/t24-,25-,26+,27+/m0/s1. The molecule has 2 amide bonds. The third-order valence-electron chi connectivity index (χ3n) is 9.32. The highest BCUT2D eigenvalue weighted by atomic mass is 16.6. The number of hydrogen-bond acceptors (Lipinski definition) is 7. The second kappa shape index (κ2) is 10.6. The number of amides is 2. The van der Waals surface area contributed by atoms with Crippen LogP contribution in [0.25, 0.3) is 0 Å². The minimum absolute atomic E-state index is 0.00559. The van der Waals surface area contributed by atoms with Crippen molar-refractivity contribution >= 4 is 23.3 Å². The molecule has 4 atom stereocenters. The molecule has 1 aromatic carbocycles. The number of piperazine rings is 1. The summed E-state index contributed by atoms with van der Waals surface area (Å²) in [5, 5.41) is 0. The molecule has 206 valence electrons. The third-order valence-corrected chi connectivity index (χ3v) is 9.32. The fourth-order valence-corrected chi connectivity index (χ4v) is 7.27. The lowest BCUT2D eigenvalue weighted by Gasteiger charge is -2.37. The lowest BCUT2D eigenvalue weighted by molar-refractivity contribution is -0.139. The molecule has 5 fully saturated rings. The average Bonchev–Trinajstić information content (AvgIpc) is 3.31. The fourth-order valence-electron chi connectivity index (χ4n) is 7.27. The Labute approximate surface area is 224 Å². The number of likely N-dealkylation sites (tertiary alicyclic amines) is 1. The van der Waals surface area contributed by atoms with Crippen molar-refractivity contribution in [1.29, 1.82) is 0 Å². The van der Waals surface area contributed by atoms with Crippen LogP contribution in [-0.4, -0.2) is 97.6 Å². The molecule has 2 aliphatic carbocycles. The Morgan fingerprint density at radius 1 is 1.11 bits per heavy atom. The van der Waals surface area contributed by atoms with Gasteiger partial charge in [-0.05, 0) is 62.3 Å². The highest BCUT2D eigenvalue weighted by molar-refractivity contribution is 5.99. The largest absolute Gasteiger partial charge is 0.374 e. The average molecular weight is 525 g/mol. The quantitative estimate of drug-likeness (QED) is 0.554. The van der Waals surface area contributed by atoms with Gasteiger partial charge in [0, 0.05) is 50.1 Å². The van der Waals surface area contributed by atoms with Gasteiger partial charge in [-0.3, -0.25) is 19.3 Å². The summed E-state index contributed by atoms with van der Waals surface area (Å²) in [7, 11) is 0. The smallest absolute Gasteiger partial charge is 0.249 e. The van der Waals surface area contributed by atoms with E-state index in [0.717, 1.165) is 63.6 Å². The second-order valence-electron chi connectivity index (χ2n) is 11.6. The molecular formula is C29H40N4O5. The van der Waals surface area contributed by atoms with Gasteiger partial charge >= 0.3 is 0 Å². The van der Waals surface area contributed by atoms with Crippen LogP contribution in [0.1, 0.15) is 67.3 Å². The number of ketones is 1. The summed E-state index contributed by atoms with van der Waals surface area (Å²) in [4.78, 5) is 46.6. The number of carbonyl (C=O) groups excluding carboxylic acids is 3. The summed E-state index contributed by atoms with van der Waals surface area (Å²) in [6.07, 6.45) is 5.80. The SMILES string of the molecule is CCO[C@H]1CN(C(=O)[C@H](c2cc(N3CCN(C4CC4)CC3)ccc2C(N)=O)C2CCCC2)[C@@H]2C(=O)CO[C@H]12. The maximum absolute atomic E-state index is 14.4. The molecule has 0 spiro atoms. The summed E-state index contributed by atoms with van der Waals surface area (Å²) in [6, 6.07) is 5.93. The number of benzene rings is 1. The first-order chi connectivity index (χ1) is 18.5. The molecule has 0 bridgehead atoms. The van der Waals surface area contributed by atoms with E-state index >= 15 is 0 Å². The van der Waals surface area contributed by atoms with E-state index in [2.05, 4.69) is 9.80 Å². The maximum Gasteiger partial charge on any atom is 0.249 e. The van der Waals surface area contributed by atoms with E-state index in [-0.39, 0.29) is 30.3 Å². The number of hydrogen-bond donors (Lipinski definition) is 1. The number of nitrogens with two attached hydrogens (primary N) is 1. The van der Waals surface area contributed by atoms with E-state index in [4.69, 9.17) is 15.2 Å². The van der Waals surface area contributed by atoms with Crippen molar-refractivity contribution in [2.75, 3.05) is 50.8 Å². The van der Waals surface area contributed by atoms with Crippen LogP contribution in [-0.2, 0) is 19.1 Å². The lowest BCUT2D eigenvalue weighted by Crippen LogP contribution is -2.47. The minimum Gasteiger partial charge on any atom is -0.374 e. The van der Waals surface area contributed by atoms with Crippen LogP contribution in [0.5, 0.6) is 0 Å². The van der Waals surface area contributed by atoms with Gasteiger partial charge in [0.25, 0.3) is 0 Å². The molecule has 2 saturated carbocycles. The van der Waals surface area contributed by atoms with Crippen LogP contribution in [0, 0.1) is 5.92 Å². The molecule has 2 N–H and O–H groups in total. The second-order valence-corrected chi connectivity index (χ2v) is 11.6. The van der Waals surface area contributed by atoms with Gasteiger partial charge in [0.2, 0.25) is 11.8 Å². The Hall–Kier alpha value is -2.49. The predicted octanol–water partition coefficient (Wildman–Crippen LogP) is 1.93. The number of rotatable bonds is 8. The van der Waals surface area contributed by atoms with Crippen LogP contribution in [0.2, 0.25) is 0 Å². The van der Waals surface area contributed by atoms with Gasteiger partial charge in [0.1, 0.15) is 24.9 Å². The van der Waals surface area contributed by atoms with Gasteiger partial charge in [0.15, 0.2) is 5.78 Å². The minimum atomic E-state index is -0.626. The molecule has 9 nitrogen and oxygen atoms in total. The normalized spacial score (nSPS) is 29.2. The zero-order valence-corrected chi connectivity index (χ0v) is 22.3. The van der Waals surface area contributed by atoms with Gasteiger partial charge in [-0.25, -0.2) is 0 Å². The molecule has 1 aromatic rings. The van der Waals surface area contributed by atoms with Crippen LogP contribution in [0.4, 0.5) is 5.69 Å². The molecule has 38 heavy (non-hydrogen) atoms. The van der Waals surface area contributed by atoms with Crippen LogP contribution in [0.3, 0.4) is 0 Å². The monoisotopic (exact) mass is 524 g/mol. The summed E-state index contributed by atoms with van der Waals surface area (Å²) >= 11 is 0. The van der Waals surface area contributed by atoms with Gasteiger partial charge in [0.05, 0.1) is 12.5 Å². The topological polar surface area (TPSA) is 105 Å². The van der Waals surface area contributed by atoms with Crippen LogP contribution < -0.4 is 10.6 Å². The van der Waals surface area contributed by atoms with Gasteiger partial charge in [-0.15, -0.1) is 0 Å². The summed E-state index contributed by atoms with van der Waals surface area (Å²) < 4.78 is 11.7. The lowest BCUT2D eigenvalue weighted by atomic mass is 9.80. The van der Waals surface area contributed by atoms with Crippen molar-refractivity contribution in [3.63, 3.8) is 0 Å². The van der Waals surface area contributed by atoms with Gasteiger partial charge in [-0.1, -0.05) is 12.8 Å². The Morgan fingerprint density at radius 3 is 2.50 bits per heavy atom. The summed E-state index contributed by atoms with van der Waals surface area (Å²) in [6.45, 7) is 6.63. The van der Waals surface area contributed by atoms with E-state index in [1.165, 1.54) is 12.8 Å². The van der Waals surface area contributed by atoms with E-state index < -0.39 is 24.0 Å². The molecule has 3 heterocycles.